The number of hydrogen-bond acceptors (Lipinski definition) is 3. The standard InChI is InChI=1S/C21H30FN3O2/c22-18-6-4-17(5-7-18)19(24-11-1-2-12-24)16-23-20(26)25-13-9-21(10-14-25)8-3-15-27-21/h4-7,19H,1-3,8-16H2,(H,23,26). The normalized spacial score (nSPS) is 23.7. The number of hydrogen-bond donors (Lipinski definition) is 1. The molecular weight excluding hydrogens is 345 g/mol. The molecule has 3 heterocycles. The summed E-state index contributed by atoms with van der Waals surface area (Å²) in [5.74, 6) is -0.223. The van der Waals surface area contributed by atoms with Gasteiger partial charge in [-0.2, -0.15) is 0 Å². The number of rotatable bonds is 4. The number of urea groups is 1. The molecule has 4 rings (SSSR count). The first-order chi connectivity index (χ1) is 13.2. The maximum atomic E-state index is 13.3. The molecule has 1 N–H and O–H groups in total. The highest BCUT2D eigenvalue weighted by Crippen LogP contribution is 2.35. The third-order valence-electron chi connectivity index (χ3n) is 6.43. The molecule has 0 bridgehead atoms. The van der Waals surface area contributed by atoms with Crippen molar-refractivity contribution in [3.05, 3.63) is 35.6 Å². The molecule has 3 fully saturated rings. The van der Waals surface area contributed by atoms with Gasteiger partial charge < -0.3 is 15.0 Å². The van der Waals surface area contributed by atoms with Crippen molar-refractivity contribution in [3.8, 4) is 0 Å². The van der Waals surface area contributed by atoms with Crippen molar-refractivity contribution in [1.82, 2.24) is 15.1 Å². The number of carbonyl (C=O) groups is 1. The van der Waals surface area contributed by atoms with Gasteiger partial charge in [0.15, 0.2) is 0 Å². The van der Waals surface area contributed by atoms with Crippen LogP contribution in [0.4, 0.5) is 9.18 Å². The van der Waals surface area contributed by atoms with E-state index in [4.69, 9.17) is 4.74 Å². The highest BCUT2D eigenvalue weighted by molar-refractivity contribution is 5.74. The van der Waals surface area contributed by atoms with Crippen molar-refractivity contribution in [2.45, 2.75) is 50.2 Å². The highest BCUT2D eigenvalue weighted by Gasteiger charge is 2.39. The largest absolute Gasteiger partial charge is 0.375 e. The lowest BCUT2D eigenvalue weighted by Gasteiger charge is -2.39. The zero-order valence-electron chi connectivity index (χ0n) is 16.0. The fraction of sp³-hybridized carbons (Fsp3) is 0.667. The van der Waals surface area contributed by atoms with Crippen LogP contribution in [0.15, 0.2) is 24.3 Å². The molecule has 1 aromatic carbocycles. The van der Waals surface area contributed by atoms with Crippen LogP contribution >= 0.6 is 0 Å². The highest BCUT2D eigenvalue weighted by atomic mass is 19.1. The van der Waals surface area contributed by atoms with E-state index in [0.29, 0.717) is 6.54 Å². The van der Waals surface area contributed by atoms with E-state index in [2.05, 4.69) is 10.2 Å². The van der Waals surface area contributed by atoms with Crippen molar-refractivity contribution < 1.29 is 13.9 Å². The first-order valence-corrected chi connectivity index (χ1v) is 10.3. The summed E-state index contributed by atoms with van der Waals surface area (Å²) < 4.78 is 19.3. The van der Waals surface area contributed by atoms with Crippen molar-refractivity contribution in [2.24, 2.45) is 0 Å². The van der Waals surface area contributed by atoms with Gasteiger partial charge in [-0.25, -0.2) is 9.18 Å². The first kappa shape index (κ1) is 18.7. The first-order valence-electron chi connectivity index (χ1n) is 10.3. The van der Waals surface area contributed by atoms with Crippen molar-refractivity contribution in [3.63, 3.8) is 0 Å². The Labute approximate surface area is 160 Å². The molecule has 0 aliphatic carbocycles. The van der Waals surface area contributed by atoms with E-state index in [-0.39, 0.29) is 23.5 Å². The van der Waals surface area contributed by atoms with Crippen LogP contribution in [0.25, 0.3) is 0 Å². The lowest BCUT2D eigenvalue weighted by molar-refractivity contribution is -0.0362. The summed E-state index contributed by atoms with van der Waals surface area (Å²) in [7, 11) is 0. The topological polar surface area (TPSA) is 44.8 Å². The Morgan fingerprint density at radius 2 is 1.78 bits per heavy atom. The molecule has 3 saturated heterocycles. The van der Waals surface area contributed by atoms with Crippen molar-refractivity contribution >= 4 is 6.03 Å². The summed E-state index contributed by atoms with van der Waals surface area (Å²) in [6, 6.07) is 6.80. The molecule has 3 aliphatic heterocycles. The van der Waals surface area contributed by atoms with Crippen LogP contribution in [0.2, 0.25) is 0 Å². The average Bonchev–Trinajstić information content (AvgIpc) is 3.37. The van der Waals surface area contributed by atoms with Crippen LogP contribution in [-0.4, -0.2) is 60.8 Å². The molecule has 0 aromatic heterocycles. The molecule has 1 spiro atoms. The minimum absolute atomic E-state index is 0.00848. The van der Waals surface area contributed by atoms with Gasteiger partial charge in [0.05, 0.1) is 11.6 Å². The smallest absolute Gasteiger partial charge is 0.317 e. The van der Waals surface area contributed by atoms with Crippen molar-refractivity contribution in [1.29, 1.82) is 0 Å². The van der Waals surface area contributed by atoms with E-state index in [1.54, 1.807) is 0 Å². The SMILES string of the molecule is O=C(NCC(c1ccc(F)cc1)N1CCCC1)N1CCC2(CCCO2)CC1. The molecule has 1 unspecified atom stereocenters. The second-order valence-electron chi connectivity index (χ2n) is 8.12. The molecule has 6 heteroatoms. The number of halogens is 1. The molecule has 27 heavy (non-hydrogen) atoms. The number of likely N-dealkylation sites (tertiary alicyclic amines) is 2. The quantitative estimate of drug-likeness (QED) is 0.878. The van der Waals surface area contributed by atoms with Gasteiger partial charge in [-0.05, 0) is 69.3 Å². The number of amides is 2. The van der Waals surface area contributed by atoms with E-state index in [1.165, 1.54) is 25.0 Å². The summed E-state index contributed by atoms with van der Waals surface area (Å²) in [6.45, 7) is 5.00. The fourth-order valence-corrected chi connectivity index (χ4v) is 4.76. The zero-order chi connectivity index (χ0) is 18.7. The summed E-state index contributed by atoms with van der Waals surface area (Å²) in [5.41, 5.74) is 1.10. The molecule has 0 radical (unpaired) electrons. The number of ether oxygens (including phenoxy) is 1. The molecular formula is C21H30FN3O2. The van der Waals surface area contributed by atoms with Gasteiger partial charge in [0.25, 0.3) is 0 Å². The van der Waals surface area contributed by atoms with Gasteiger partial charge in [-0.1, -0.05) is 12.1 Å². The Bertz CT molecular complexity index is 629. The zero-order valence-corrected chi connectivity index (χ0v) is 16.0. The van der Waals surface area contributed by atoms with E-state index in [1.807, 2.05) is 17.0 Å². The molecule has 2 amide bonds. The monoisotopic (exact) mass is 375 g/mol. The van der Waals surface area contributed by atoms with E-state index in [9.17, 15) is 9.18 Å². The van der Waals surface area contributed by atoms with Gasteiger partial charge >= 0.3 is 6.03 Å². The average molecular weight is 375 g/mol. The molecule has 1 aromatic rings. The second-order valence-corrected chi connectivity index (χ2v) is 8.12. The number of piperidine rings is 1. The fourth-order valence-electron chi connectivity index (χ4n) is 4.76. The van der Waals surface area contributed by atoms with Crippen LogP contribution in [0.3, 0.4) is 0 Å². The molecule has 3 aliphatic rings. The minimum atomic E-state index is -0.223. The van der Waals surface area contributed by atoms with Crippen LogP contribution in [-0.2, 0) is 4.74 Å². The van der Waals surface area contributed by atoms with E-state index < -0.39 is 0 Å². The third kappa shape index (κ3) is 4.27. The van der Waals surface area contributed by atoms with Crippen LogP contribution < -0.4 is 5.32 Å². The lowest BCUT2D eigenvalue weighted by Crippen LogP contribution is -2.50. The Morgan fingerprint density at radius 1 is 1.07 bits per heavy atom. The number of carbonyl (C=O) groups excluding carboxylic acids is 1. The molecule has 1 atom stereocenters. The Morgan fingerprint density at radius 3 is 2.41 bits per heavy atom. The maximum absolute atomic E-state index is 13.3. The Hall–Kier alpha value is -1.66. The van der Waals surface area contributed by atoms with Gasteiger partial charge in [-0.3, -0.25) is 4.90 Å². The van der Waals surface area contributed by atoms with Gasteiger partial charge in [0.1, 0.15) is 5.82 Å². The maximum Gasteiger partial charge on any atom is 0.317 e. The molecule has 0 saturated carbocycles. The Balaban J connectivity index is 1.34. The third-order valence-corrected chi connectivity index (χ3v) is 6.43. The lowest BCUT2D eigenvalue weighted by atomic mass is 9.89. The van der Waals surface area contributed by atoms with Crippen molar-refractivity contribution in [2.75, 3.05) is 39.3 Å². The minimum Gasteiger partial charge on any atom is -0.375 e. The second kappa shape index (κ2) is 8.15. The van der Waals surface area contributed by atoms with Crippen LogP contribution in [0, 0.1) is 5.82 Å². The van der Waals surface area contributed by atoms with E-state index in [0.717, 1.165) is 64.0 Å². The van der Waals surface area contributed by atoms with E-state index >= 15 is 0 Å². The Kier molecular flexibility index (Phi) is 5.64. The van der Waals surface area contributed by atoms with Crippen LogP contribution in [0.1, 0.15) is 50.1 Å². The van der Waals surface area contributed by atoms with Gasteiger partial charge in [0.2, 0.25) is 0 Å². The predicted molar refractivity (Wildman–Crippen MR) is 102 cm³/mol. The van der Waals surface area contributed by atoms with Crippen LogP contribution in [0.5, 0.6) is 0 Å². The molecule has 5 nitrogen and oxygen atoms in total. The number of nitrogens with one attached hydrogen (secondary N) is 1. The number of nitrogens with zero attached hydrogens (tertiary/aromatic N) is 2. The molecule has 148 valence electrons. The summed E-state index contributed by atoms with van der Waals surface area (Å²) in [4.78, 5) is 17.0. The van der Waals surface area contributed by atoms with Gasteiger partial charge in [-0.15, -0.1) is 0 Å². The summed E-state index contributed by atoms with van der Waals surface area (Å²) >= 11 is 0. The van der Waals surface area contributed by atoms with Gasteiger partial charge in [0, 0.05) is 26.2 Å². The number of benzene rings is 1. The summed E-state index contributed by atoms with van der Waals surface area (Å²) in [5, 5.41) is 3.13. The predicted octanol–water partition coefficient (Wildman–Crippen LogP) is 3.32. The summed E-state index contributed by atoms with van der Waals surface area (Å²) in [6.07, 6.45) is 6.51.